The third-order valence-electron chi connectivity index (χ3n) is 5.71. The molecule has 1 amide bonds. The van der Waals surface area contributed by atoms with Crippen LogP contribution in [0.3, 0.4) is 0 Å². The smallest absolute Gasteiger partial charge is 0.280 e. The molecule has 1 saturated carbocycles. The van der Waals surface area contributed by atoms with Crippen molar-refractivity contribution in [1.82, 2.24) is 9.29 Å². The SMILES string of the molecule is CCN(CCO)S(=O)(=O)c1ccc(/C(=N\O[C@@H]2CC[C@@H](OC)C2)C(=O)Nc2ncc(COC)s2)cc1. The quantitative estimate of drug-likeness (QED) is 0.291. The number of aliphatic hydroxyl groups is 1. The van der Waals surface area contributed by atoms with Crippen molar-refractivity contribution in [1.29, 1.82) is 0 Å². The Labute approximate surface area is 215 Å². The van der Waals surface area contributed by atoms with Gasteiger partial charge in [0.25, 0.3) is 5.91 Å². The molecule has 0 saturated heterocycles. The molecular weight excluding hydrogens is 508 g/mol. The van der Waals surface area contributed by atoms with Crippen LogP contribution in [0, 0.1) is 0 Å². The first kappa shape index (κ1) is 28.2. The third-order valence-corrected chi connectivity index (χ3v) is 8.58. The molecule has 3 rings (SSSR count). The molecule has 0 unspecified atom stereocenters. The van der Waals surface area contributed by atoms with E-state index in [2.05, 4.69) is 15.5 Å². The van der Waals surface area contributed by atoms with E-state index < -0.39 is 15.9 Å². The summed E-state index contributed by atoms with van der Waals surface area (Å²) in [5.74, 6) is -0.541. The van der Waals surface area contributed by atoms with Crippen molar-refractivity contribution >= 4 is 38.1 Å². The number of carbonyl (C=O) groups is 1. The van der Waals surface area contributed by atoms with Crippen molar-refractivity contribution in [2.75, 3.05) is 39.2 Å². The van der Waals surface area contributed by atoms with Crippen LogP contribution in [-0.4, -0.2) is 80.6 Å². The molecule has 1 aromatic heterocycles. The van der Waals surface area contributed by atoms with Crippen molar-refractivity contribution in [2.24, 2.45) is 5.16 Å². The highest BCUT2D eigenvalue weighted by Gasteiger charge is 2.27. The predicted octanol–water partition coefficient (Wildman–Crippen LogP) is 2.22. The van der Waals surface area contributed by atoms with Gasteiger partial charge in [-0.05, 0) is 25.0 Å². The van der Waals surface area contributed by atoms with E-state index in [9.17, 15) is 18.3 Å². The average molecular weight is 541 g/mol. The average Bonchev–Trinajstić information content (AvgIpc) is 3.52. The molecule has 1 aliphatic rings. The second kappa shape index (κ2) is 13.2. The molecule has 198 valence electrons. The summed E-state index contributed by atoms with van der Waals surface area (Å²) in [5.41, 5.74) is 0.373. The van der Waals surface area contributed by atoms with E-state index in [0.29, 0.717) is 23.7 Å². The Bertz CT molecular complexity index is 1140. The van der Waals surface area contributed by atoms with Crippen LogP contribution in [0.4, 0.5) is 5.13 Å². The maximum atomic E-state index is 13.2. The summed E-state index contributed by atoms with van der Waals surface area (Å²) in [7, 11) is -0.570. The summed E-state index contributed by atoms with van der Waals surface area (Å²) < 4.78 is 37.4. The molecule has 0 aliphatic heterocycles. The normalized spacial score (nSPS) is 18.5. The number of nitrogens with one attached hydrogen (secondary N) is 1. The second-order valence-corrected chi connectivity index (χ2v) is 11.2. The number of hydrogen-bond acceptors (Lipinski definition) is 10. The predicted molar refractivity (Wildman–Crippen MR) is 135 cm³/mol. The number of ether oxygens (including phenoxy) is 2. The number of aliphatic hydroxyl groups excluding tert-OH is 1. The van der Waals surface area contributed by atoms with Crippen LogP contribution in [0.25, 0.3) is 0 Å². The number of aromatic nitrogens is 1. The lowest BCUT2D eigenvalue weighted by molar-refractivity contribution is -0.110. The van der Waals surface area contributed by atoms with Crippen molar-refractivity contribution in [3.8, 4) is 0 Å². The summed E-state index contributed by atoms with van der Waals surface area (Å²) in [5, 5.41) is 16.5. The molecule has 1 heterocycles. The number of carbonyl (C=O) groups excluding carboxylic acids is 1. The van der Waals surface area contributed by atoms with Gasteiger partial charge >= 0.3 is 0 Å². The largest absolute Gasteiger partial charge is 0.395 e. The fourth-order valence-corrected chi connectivity index (χ4v) is 6.01. The third kappa shape index (κ3) is 7.08. The molecule has 0 spiro atoms. The standard InChI is InChI=1S/C23H32N4O7S2/c1-4-27(11-12-28)36(30,31)20-9-5-16(6-10-20)21(26-34-18-8-7-17(13-18)33-3)22(29)25-23-24-14-19(35-23)15-32-2/h5-6,9-10,14,17-18,28H,4,7-8,11-13,15H2,1-3H3,(H,24,25,29)/b26-21+/t17-,18-/m1/s1. The number of anilines is 1. The summed E-state index contributed by atoms with van der Waals surface area (Å²) in [6, 6.07) is 5.83. The number of thiazole rings is 1. The van der Waals surface area contributed by atoms with Gasteiger partial charge in [0.05, 0.1) is 29.1 Å². The maximum Gasteiger partial charge on any atom is 0.280 e. The van der Waals surface area contributed by atoms with E-state index in [4.69, 9.17) is 14.3 Å². The molecule has 11 nitrogen and oxygen atoms in total. The summed E-state index contributed by atoms with van der Waals surface area (Å²) in [4.78, 5) is 23.9. The van der Waals surface area contributed by atoms with Gasteiger partial charge in [0.15, 0.2) is 10.8 Å². The van der Waals surface area contributed by atoms with Gasteiger partial charge in [0.1, 0.15) is 6.10 Å². The highest BCUT2D eigenvalue weighted by Crippen LogP contribution is 2.25. The number of methoxy groups -OCH3 is 2. The van der Waals surface area contributed by atoms with Gasteiger partial charge in [-0.25, -0.2) is 13.4 Å². The van der Waals surface area contributed by atoms with Crippen LogP contribution in [0.1, 0.15) is 36.6 Å². The molecule has 13 heteroatoms. The first-order valence-electron chi connectivity index (χ1n) is 11.5. The van der Waals surface area contributed by atoms with Crippen molar-refractivity contribution < 1.29 is 32.6 Å². The summed E-state index contributed by atoms with van der Waals surface area (Å²) in [6.07, 6.45) is 3.76. The van der Waals surface area contributed by atoms with Gasteiger partial charge in [-0.3, -0.25) is 10.1 Å². The van der Waals surface area contributed by atoms with Gasteiger partial charge in [-0.1, -0.05) is 35.5 Å². The highest BCUT2D eigenvalue weighted by atomic mass is 32.2. The lowest BCUT2D eigenvalue weighted by Crippen LogP contribution is -2.33. The number of likely N-dealkylation sites (N-methyl/N-ethyl adjacent to an activating group) is 1. The molecule has 1 fully saturated rings. The van der Waals surface area contributed by atoms with E-state index in [1.54, 1.807) is 27.3 Å². The summed E-state index contributed by atoms with van der Waals surface area (Å²) >= 11 is 1.28. The van der Waals surface area contributed by atoms with Gasteiger partial charge in [0, 0.05) is 45.5 Å². The highest BCUT2D eigenvalue weighted by molar-refractivity contribution is 7.89. The van der Waals surface area contributed by atoms with E-state index in [1.165, 1.54) is 39.9 Å². The lowest BCUT2D eigenvalue weighted by Gasteiger charge is -2.19. The number of rotatable bonds is 13. The molecule has 1 aromatic carbocycles. The van der Waals surface area contributed by atoms with E-state index in [1.807, 2.05) is 0 Å². The number of sulfonamides is 1. The molecule has 0 radical (unpaired) electrons. The monoisotopic (exact) mass is 540 g/mol. The van der Waals surface area contributed by atoms with Crippen LogP contribution in [0.15, 0.2) is 40.5 Å². The molecule has 0 bridgehead atoms. The van der Waals surface area contributed by atoms with Gasteiger partial charge in [-0.15, -0.1) is 0 Å². The molecule has 2 aromatic rings. The Hall–Kier alpha value is -2.42. The zero-order chi connectivity index (χ0) is 26.1. The number of benzene rings is 1. The Morgan fingerprint density at radius 2 is 1.97 bits per heavy atom. The Morgan fingerprint density at radius 3 is 2.58 bits per heavy atom. The zero-order valence-electron chi connectivity index (χ0n) is 20.5. The Kier molecular flexibility index (Phi) is 10.3. The van der Waals surface area contributed by atoms with E-state index in [-0.39, 0.29) is 42.5 Å². The van der Waals surface area contributed by atoms with Crippen LogP contribution in [0.2, 0.25) is 0 Å². The van der Waals surface area contributed by atoms with Crippen molar-refractivity contribution in [3.05, 3.63) is 40.9 Å². The van der Waals surface area contributed by atoms with E-state index in [0.717, 1.165) is 17.7 Å². The van der Waals surface area contributed by atoms with Crippen molar-refractivity contribution in [2.45, 2.75) is 49.9 Å². The molecule has 1 aliphatic carbocycles. The van der Waals surface area contributed by atoms with Crippen molar-refractivity contribution in [3.63, 3.8) is 0 Å². The van der Waals surface area contributed by atoms with Gasteiger partial charge < -0.3 is 19.4 Å². The van der Waals surface area contributed by atoms with Crippen LogP contribution < -0.4 is 5.32 Å². The Morgan fingerprint density at radius 1 is 1.25 bits per heavy atom. The second-order valence-electron chi connectivity index (χ2n) is 8.10. The first-order valence-corrected chi connectivity index (χ1v) is 13.8. The molecule has 2 N–H and O–H groups in total. The number of nitrogens with zero attached hydrogens (tertiary/aromatic N) is 3. The number of amides is 1. The van der Waals surface area contributed by atoms with Gasteiger partial charge in [-0.2, -0.15) is 4.31 Å². The minimum Gasteiger partial charge on any atom is -0.395 e. The fraction of sp³-hybridized carbons (Fsp3) is 0.522. The fourth-order valence-electron chi connectivity index (χ4n) is 3.79. The number of hydrogen-bond donors (Lipinski definition) is 2. The zero-order valence-corrected chi connectivity index (χ0v) is 22.2. The Balaban J connectivity index is 1.85. The maximum absolute atomic E-state index is 13.2. The molecular formula is C23H32N4O7S2. The first-order chi connectivity index (χ1) is 17.3. The minimum atomic E-state index is -3.79. The van der Waals surface area contributed by atoms with Crippen LogP contribution >= 0.6 is 11.3 Å². The molecule has 36 heavy (non-hydrogen) atoms. The van der Waals surface area contributed by atoms with Crippen LogP contribution in [-0.2, 0) is 35.7 Å². The van der Waals surface area contributed by atoms with Gasteiger partial charge in [0.2, 0.25) is 10.0 Å². The molecule has 2 atom stereocenters. The summed E-state index contributed by atoms with van der Waals surface area (Å²) in [6.45, 7) is 2.00. The lowest BCUT2D eigenvalue weighted by atomic mass is 10.1. The minimum absolute atomic E-state index is 0.00767. The van der Waals surface area contributed by atoms with Crippen LogP contribution in [0.5, 0.6) is 0 Å². The van der Waals surface area contributed by atoms with E-state index >= 15 is 0 Å². The number of oxime groups is 1. The topological polar surface area (TPSA) is 140 Å².